The largest absolute Gasteiger partial charge is 0.367 e. The third kappa shape index (κ3) is 5.21. The molecule has 7 heteroatoms. The summed E-state index contributed by atoms with van der Waals surface area (Å²) >= 11 is 4.92. The quantitative estimate of drug-likeness (QED) is 0.483. The predicted octanol–water partition coefficient (Wildman–Crippen LogP) is 2.47. The SMILES string of the molecule is CNC1CCC(OC2NCNC(S)C2C2C(C)CC[C@@H]2C[C@H](C#N)OC)CC1. The van der Waals surface area contributed by atoms with Crippen LogP contribution >= 0.6 is 12.6 Å². The first-order valence-electron chi connectivity index (χ1n) is 11.0. The van der Waals surface area contributed by atoms with Crippen molar-refractivity contribution < 1.29 is 9.47 Å². The molecule has 28 heavy (non-hydrogen) atoms. The Balaban J connectivity index is 1.69. The minimum Gasteiger partial charge on any atom is -0.367 e. The molecule has 0 bridgehead atoms. The number of rotatable bonds is 7. The van der Waals surface area contributed by atoms with Crippen molar-refractivity contribution >= 4 is 12.6 Å². The number of nitrogens with zero attached hydrogens (tertiary/aromatic N) is 1. The Morgan fingerprint density at radius 3 is 2.54 bits per heavy atom. The van der Waals surface area contributed by atoms with Gasteiger partial charge in [0.2, 0.25) is 0 Å². The summed E-state index contributed by atoms with van der Waals surface area (Å²) in [6.07, 6.45) is 7.78. The highest BCUT2D eigenvalue weighted by Gasteiger charge is 2.47. The molecule has 7 atom stereocenters. The molecule has 3 aliphatic rings. The summed E-state index contributed by atoms with van der Waals surface area (Å²) in [4.78, 5) is 0. The van der Waals surface area contributed by atoms with E-state index in [1.165, 1.54) is 19.3 Å². The number of nitriles is 1. The van der Waals surface area contributed by atoms with E-state index in [1.807, 2.05) is 0 Å². The van der Waals surface area contributed by atoms with Crippen molar-refractivity contribution in [2.24, 2.45) is 23.7 Å². The Hall–Kier alpha value is -0.360. The maximum atomic E-state index is 9.37. The van der Waals surface area contributed by atoms with E-state index in [1.54, 1.807) is 7.11 Å². The van der Waals surface area contributed by atoms with Gasteiger partial charge in [-0.15, -0.1) is 0 Å². The van der Waals surface area contributed by atoms with Crippen LogP contribution in [0.1, 0.15) is 51.9 Å². The van der Waals surface area contributed by atoms with Crippen LogP contribution in [0.2, 0.25) is 0 Å². The summed E-state index contributed by atoms with van der Waals surface area (Å²) in [5, 5.41) is 19.9. The Kier molecular flexibility index (Phi) is 8.46. The van der Waals surface area contributed by atoms with E-state index in [-0.39, 0.29) is 23.6 Å². The molecule has 2 aliphatic carbocycles. The fraction of sp³-hybridized carbons (Fsp3) is 0.952. The second-order valence-corrected chi connectivity index (χ2v) is 9.46. The average Bonchev–Trinajstić information content (AvgIpc) is 3.06. The molecule has 0 spiro atoms. The van der Waals surface area contributed by atoms with E-state index in [0.29, 0.717) is 29.9 Å². The van der Waals surface area contributed by atoms with Crippen LogP contribution in [0.3, 0.4) is 0 Å². The summed E-state index contributed by atoms with van der Waals surface area (Å²) in [5.41, 5.74) is 0. The second-order valence-electron chi connectivity index (χ2n) is 8.91. The van der Waals surface area contributed by atoms with Crippen LogP contribution in [-0.4, -0.2) is 50.7 Å². The van der Waals surface area contributed by atoms with E-state index in [0.717, 1.165) is 32.4 Å². The molecule has 6 nitrogen and oxygen atoms in total. The molecule has 5 unspecified atom stereocenters. The molecule has 0 radical (unpaired) electrons. The van der Waals surface area contributed by atoms with Crippen molar-refractivity contribution in [3.05, 3.63) is 0 Å². The number of methoxy groups -OCH3 is 1. The first-order chi connectivity index (χ1) is 13.6. The van der Waals surface area contributed by atoms with Gasteiger partial charge in [-0.3, -0.25) is 10.6 Å². The van der Waals surface area contributed by atoms with E-state index in [9.17, 15) is 5.26 Å². The van der Waals surface area contributed by atoms with E-state index >= 15 is 0 Å². The number of hydrogen-bond acceptors (Lipinski definition) is 7. The van der Waals surface area contributed by atoms with Gasteiger partial charge in [0.25, 0.3) is 0 Å². The molecular formula is C21H38N4O2S. The van der Waals surface area contributed by atoms with Gasteiger partial charge < -0.3 is 14.8 Å². The normalized spacial score (nSPS) is 42.8. The lowest BCUT2D eigenvalue weighted by atomic mass is 9.75. The summed E-state index contributed by atoms with van der Waals surface area (Å²) in [5.74, 6) is 1.85. The van der Waals surface area contributed by atoms with Crippen molar-refractivity contribution in [1.82, 2.24) is 16.0 Å². The molecule has 1 aliphatic heterocycles. The average molecular weight is 411 g/mol. The number of hydrogen-bond donors (Lipinski definition) is 4. The molecule has 3 fully saturated rings. The fourth-order valence-electron chi connectivity index (χ4n) is 5.72. The van der Waals surface area contributed by atoms with Crippen LogP contribution < -0.4 is 16.0 Å². The van der Waals surface area contributed by atoms with Crippen LogP contribution in [0.5, 0.6) is 0 Å². The van der Waals surface area contributed by atoms with Crippen LogP contribution in [0.4, 0.5) is 0 Å². The zero-order valence-corrected chi connectivity index (χ0v) is 18.5. The molecule has 3 N–H and O–H groups in total. The first-order valence-corrected chi connectivity index (χ1v) is 11.5. The summed E-state index contributed by atoms with van der Waals surface area (Å²) in [6.45, 7) is 3.08. The molecule has 2 saturated carbocycles. The maximum Gasteiger partial charge on any atom is 0.143 e. The third-order valence-electron chi connectivity index (χ3n) is 7.33. The van der Waals surface area contributed by atoms with E-state index in [4.69, 9.17) is 22.1 Å². The molecule has 3 rings (SSSR count). The molecule has 0 amide bonds. The van der Waals surface area contributed by atoms with Gasteiger partial charge in [-0.1, -0.05) is 13.3 Å². The minimum atomic E-state index is -0.322. The maximum absolute atomic E-state index is 9.37. The highest BCUT2D eigenvalue weighted by Crippen LogP contribution is 2.47. The summed E-state index contributed by atoms with van der Waals surface area (Å²) in [7, 11) is 3.69. The Morgan fingerprint density at radius 1 is 1.14 bits per heavy atom. The number of nitrogens with one attached hydrogen (secondary N) is 3. The summed E-state index contributed by atoms with van der Waals surface area (Å²) in [6, 6.07) is 2.93. The molecular weight excluding hydrogens is 372 g/mol. The smallest absolute Gasteiger partial charge is 0.143 e. The van der Waals surface area contributed by atoms with Gasteiger partial charge >= 0.3 is 0 Å². The van der Waals surface area contributed by atoms with Crippen LogP contribution in [0.15, 0.2) is 0 Å². The monoisotopic (exact) mass is 410 g/mol. The van der Waals surface area contributed by atoms with Crippen molar-refractivity contribution in [2.45, 2.75) is 81.7 Å². The summed E-state index contributed by atoms with van der Waals surface area (Å²) < 4.78 is 12.0. The van der Waals surface area contributed by atoms with Crippen molar-refractivity contribution in [1.29, 1.82) is 5.26 Å². The molecule has 0 aromatic rings. The fourth-order valence-corrected chi connectivity index (χ4v) is 6.17. The minimum absolute atomic E-state index is 0.0241. The van der Waals surface area contributed by atoms with Crippen LogP contribution in [0, 0.1) is 35.0 Å². The Morgan fingerprint density at radius 2 is 1.89 bits per heavy atom. The van der Waals surface area contributed by atoms with E-state index in [2.05, 4.69) is 36.0 Å². The van der Waals surface area contributed by atoms with Gasteiger partial charge in [-0.25, -0.2) is 0 Å². The van der Waals surface area contributed by atoms with Crippen LogP contribution in [-0.2, 0) is 9.47 Å². The number of thiol groups is 1. The zero-order chi connectivity index (χ0) is 20.1. The topological polar surface area (TPSA) is 78.3 Å². The Bertz CT molecular complexity index is 523. The number of ether oxygens (including phenoxy) is 2. The van der Waals surface area contributed by atoms with Crippen molar-refractivity contribution in [3.63, 3.8) is 0 Å². The lowest BCUT2D eigenvalue weighted by Gasteiger charge is -2.45. The highest BCUT2D eigenvalue weighted by atomic mass is 32.1. The molecule has 1 heterocycles. The van der Waals surface area contributed by atoms with Gasteiger partial charge in [-0.05, 0) is 63.3 Å². The lowest BCUT2D eigenvalue weighted by molar-refractivity contribution is -0.109. The standard InChI is InChI=1S/C21H38N4O2S/c1-13-4-5-14(10-17(11-22)26-3)18(13)19-20(24-12-25-21(19)28)27-16-8-6-15(23-2)7-9-16/h13-21,23-25,28H,4-10,12H2,1-3H3/t13?,14-,15?,16?,17-,18?,19?,20?,21?/m1/s1. The highest BCUT2D eigenvalue weighted by molar-refractivity contribution is 7.80. The first kappa shape index (κ1) is 22.3. The van der Waals surface area contributed by atoms with E-state index < -0.39 is 0 Å². The third-order valence-corrected chi connectivity index (χ3v) is 7.86. The van der Waals surface area contributed by atoms with Gasteiger partial charge in [-0.2, -0.15) is 17.9 Å². The van der Waals surface area contributed by atoms with Gasteiger partial charge in [0.1, 0.15) is 12.3 Å². The predicted molar refractivity (Wildman–Crippen MR) is 114 cm³/mol. The molecule has 160 valence electrons. The van der Waals surface area contributed by atoms with Gasteiger partial charge in [0, 0.05) is 25.7 Å². The van der Waals surface area contributed by atoms with Gasteiger partial charge in [0.05, 0.1) is 17.5 Å². The lowest BCUT2D eigenvalue weighted by Crippen LogP contribution is -2.60. The van der Waals surface area contributed by atoms with Crippen molar-refractivity contribution in [2.75, 3.05) is 20.8 Å². The molecule has 1 saturated heterocycles. The second kappa shape index (κ2) is 10.6. The molecule has 0 aromatic heterocycles. The van der Waals surface area contributed by atoms with Crippen molar-refractivity contribution in [3.8, 4) is 6.07 Å². The van der Waals surface area contributed by atoms with Gasteiger partial charge in [0.15, 0.2) is 0 Å². The Labute approximate surface area is 175 Å². The molecule has 0 aromatic carbocycles. The zero-order valence-electron chi connectivity index (χ0n) is 17.6. The van der Waals surface area contributed by atoms with Crippen LogP contribution in [0.25, 0.3) is 0 Å².